The zero-order chi connectivity index (χ0) is 21.7. The highest BCUT2D eigenvalue weighted by Gasteiger charge is 2.24. The number of hydrogen-bond acceptors (Lipinski definition) is 4. The number of likely N-dealkylation sites (tertiary alicyclic amines) is 1. The third-order valence-corrected chi connectivity index (χ3v) is 5.38. The number of carbonyl (C=O) groups is 2. The molecule has 0 bridgehead atoms. The van der Waals surface area contributed by atoms with Crippen molar-refractivity contribution >= 4 is 23.3 Å². The predicted molar refractivity (Wildman–Crippen MR) is 115 cm³/mol. The summed E-state index contributed by atoms with van der Waals surface area (Å²) in [4.78, 5) is 32.1. The lowest BCUT2D eigenvalue weighted by Crippen LogP contribution is -2.47. The van der Waals surface area contributed by atoms with Crippen molar-refractivity contribution in [3.05, 3.63) is 53.6 Å². The number of pyridine rings is 1. The Morgan fingerprint density at radius 1 is 1.27 bits per heavy atom. The SMILES string of the molecule is CC(=O)N(C)[C@H]1CCCN(Cc2ccc(F)c(NC(=O)Nc3ccc(C)nc3)c2)C1. The Balaban J connectivity index is 1.62. The molecule has 1 atom stereocenters. The van der Waals surface area contributed by atoms with Gasteiger partial charge >= 0.3 is 6.03 Å². The minimum absolute atomic E-state index is 0.0601. The van der Waals surface area contributed by atoms with Gasteiger partial charge in [-0.25, -0.2) is 9.18 Å². The van der Waals surface area contributed by atoms with Crippen LogP contribution in [-0.4, -0.2) is 52.9 Å². The van der Waals surface area contributed by atoms with Gasteiger partial charge in [0.05, 0.1) is 17.6 Å². The summed E-state index contributed by atoms with van der Waals surface area (Å²) in [6, 6.07) is 7.91. The number of anilines is 2. The first-order chi connectivity index (χ1) is 14.3. The van der Waals surface area contributed by atoms with Crippen molar-refractivity contribution in [2.75, 3.05) is 30.8 Å². The molecule has 1 aromatic carbocycles. The number of amides is 3. The van der Waals surface area contributed by atoms with Gasteiger partial charge < -0.3 is 15.5 Å². The van der Waals surface area contributed by atoms with E-state index in [4.69, 9.17) is 0 Å². The number of carbonyl (C=O) groups excluding carboxylic acids is 2. The molecule has 3 amide bonds. The molecule has 2 N–H and O–H groups in total. The number of aromatic nitrogens is 1. The number of aryl methyl sites for hydroxylation is 1. The van der Waals surface area contributed by atoms with Gasteiger partial charge in [-0.15, -0.1) is 0 Å². The second kappa shape index (κ2) is 9.67. The molecule has 2 aromatic rings. The third kappa shape index (κ3) is 5.76. The maximum Gasteiger partial charge on any atom is 0.323 e. The molecule has 1 aliphatic heterocycles. The van der Waals surface area contributed by atoms with Crippen molar-refractivity contribution in [3.8, 4) is 0 Å². The fourth-order valence-electron chi connectivity index (χ4n) is 3.60. The van der Waals surface area contributed by atoms with Crippen molar-refractivity contribution in [2.45, 2.75) is 39.3 Å². The molecule has 1 fully saturated rings. The molecule has 1 saturated heterocycles. The van der Waals surface area contributed by atoms with Gasteiger partial charge in [-0.05, 0) is 56.1 Å². The molecule has 2 heterocycles. The zero-order valence-corrected chi connectivity index (χ0v) is 17.6. The van der Waals surface area contributed by atoms with Crippen LogP contribution in [0.15, 0.2) is 36.5 Å². The first kappa shape index (κ1) is 21.7. The van der Waals surface area contributed by atoms with Crippen LogP contribution in [0.5, 0.6) is 0 Å². The van der Waals surface area contributed by atoms with Gasteiger partial charge in [-0.1, -0.05) is 6.07 Å². The minimum atomic E-state index is -0.530. The van der Waals surface area contributed by atoms with E-state index in [1.165, 1.54) is 6.07 Å². The Morgan fingerprint density at radius 3 is 2.77 bits per heavy atom. The molecule has 0 radical (unpaired) electrons. The number of urea groups is 1. The number of nitrogens with one attached hydrogen (secondary N) is 2. The van der Waals surface area contributed by atoms with Crippen LogP contribution in [0, 0.1) is 12.7 Å². The molecule has 7 nitrogen and oxygen atoms in total. The molecule has 3 rings (SSSR count). The molecule has 0 saturated carbocycles. The lowest BCUT2D eigenvalue weighted by Gasteiger charge is -2.37. The molecule has 1 aliphatic rings. The van der Waals surface area contributed by atoms with E-state index in [0.29, 0.717) is 12.2 Å². The Kier molecular flexibility index (Phi) is 6.99. The van der Waals surface area contributed by atoms with Gasteiger partial charge in [0.2, 0.25) is 5.91 Å². The van der Waals surface area contributed by atoms with E-state index in [-0.39, 0.29) is 17.6 Å². The highest BCUT2D eigenvalue weighted by atomic mass is 19.1. The molecule has 160 valence electrons. The van der Waals surface area contributed by atoms with Gasteiger partial charge in [0.25, 0.3) is 0 Å². The predicted octanol–water partition coefficient (Wildman–Crippen LogP) is 3.62. The Bertz CT molecular complexity index is 903. The molecule has 1 aromatic heterocycles. The van der Waals surface area contributed by atoms with Crippen LogP contribution >= 0.6 is 0 Å². The van der Waals surface area contributed by atoms with Crippen LogP contribution in [-0.2, 0) is 11.3 Å². The summed E-state index contributed by atoms with van der Waals surface area (Å²) in [5, 5.41) is 5.22. The van der Waals surface area contributed by atoms with Gasteiger partial charge in [0.15, 0.2) is 0 Å². The molecule has 0 aliphatic carbocycles. The van der Waals surface area contributed by atoms with Crippen LogP contribution in [0.4, 0.5) is 20.6 Å². The van der Waals surface area contributed by atoms with Crippen molar-refractivity contribution in [3.63, 3.8) is 0 Å². The summed E-state index contributed by atoms with van der Waals surface area (Å²) in [6.07, 6.45) is 3.53. The van der Waals surface area contributed by atoms with E-state index >= 15 is 0 Å². The van der Waals surface area contributed by atoms with Crippen LogP contribution in [0.1, 0.15) is 31.0 Å². The maximum atomic E-state index is 14.2. The zero-order valence-electron chi connectivity index (χ0n) is 17.6. The number of piperidine rings is 1. The normalized spacial score (nSPS) is 16.7. The summed E-state index contributed by atoms with van der Waals surface area (Å²) < 4.78 is 14.2. The van der Waals surface area contributed by atoms with Gasteiger partial charge in [0.1, 0.15) is 5.82 Å². The summed E-state index contributed by atoms with van der Waals surface area (Å²) in [5.74, 6) is -0.436. The number of hydrogen-bond donors (Lipinski definition) is 2. The topological polar surface area (TPSA) is 77.6 Å². The van der Waals surface area contributed by atoms with Crippen molar-refractivity contribution < 1.29 is 14.0 Å². The van der Waals surface area contributed by atoms with Gasteiger partial charge in [0, 0.05) is 38.8 Å². The minimum Gasteiger partial charge on any atom is -0.342 e. The highest BCUT2D eigenvalue weighted by Crippen LogP contribution is 2.21. The number of halogens is 1. The van der Waals surface area contributed by atoms with E-state index in [9.17, 15) is 14.0 Å². The van der Waals surface area contributed by atoms with Gasteiger partial charge in [-0.2, -0.15) is 0 Å². The van der Waals surface area contributed by atoms with Crippen molar-refractivity contribution in [1.82, 2.24) is 14.8 Å². The number of likely N-dealkylation sites (N-methyl/N-ethyl adjacent to an activating group) is 1. The number of rotatable bonds is 5. The summed E-state index contributed by atoms with van der Waals surface area (Å²) in [7, 11) is 1.83. The molecule has 0 spiro atoms. The van der Waals surface area contributed by atoms with Crippen LogP contribution in [0.2, 0.25) is 0 Å². The fraction of sp³-hybridized carbons (Fsp3) is 0.409. The molecule has 30 heavy (non-hydrogen) atoms. The summed E-state index contributed by atoms with van der Waals surface area (Å²) in [5.41, 5.74) is 2.40. The molecule has 0 unspecified atom stereocenters. The second-order valence-corrected chi connectivity index (χ2v) is 7.74. The lowest BCUT2D eigenvalue weighted by atomic mass is 10.0. The van der Waals surface area contributed by atoms with Gasteiger partial charge in [-0.3, -0.25) is 14.7 Å². The average Bonchev–Trinajstić information content (AvgIpc) is 2.72. The maximum absolute atomic E-state index is 14.2. The van der Waals surface area contributed by atoms with Crippen molar-refractivity contribution in [2.24, 2.45) is 0 Å². The second-order valence-electron chi connectivity index (χ2n) is 7.74. The van der Waals surface area contributed by atoms with E-state index in [0.717, 1.165) is 37.2 Å². The monoisotopic (exact) mass is 413 g/mol. The standard InChI is InChI=1S/C22H28FN5O2/c1-15-6-8-18(12-24-15)25-22(30)26-21-11-17(7-9-20(21)23)13-28-10-4-5-19(14-28)27(3)16(2)29/h6-9,11-12,19H,4-5,10,13-14H2,1-3H3,(H2,25,26,30)/t19-/m0/s1. The quantitative estimate of drug-likeness (QED) is 0.785. The van der Waals surface area contributed by atoms with Crippen LogP contribution in [0.3, 0.4) is 0 Å². The third-order valence-electron chi connectivity index (χ3n) is 5.38. The Hall–Kier alpha value is -3.00. The highest BCUT2D eigenvalue weighted by molar-refractivity contribution is 5.99. The van der Waals surface area contributed by atoms with Crippen LogP contribution < -0.4 is 10.6 Å². The smallest absolute Gasteiger partial charge is 0.323 e. The molecular formula is C22H28FN5O2. The number of nitrogens with zero attached hydrogens (tertiary/aromatic N) is 3. The molecule has 8 heteroatoms. The lowest BCUT2D eigenvalue weighted by molar-refractivity contribution is -0.130. The fourth-order valence-corrected chi connectivity index (χ4v) is 3.60. The van der Waals surface area contributed by atoms with E-state index in [1.807, 2.05) is 14.0 Å². The molecular weight excluding hydrogens is 385 g/mol. The largest absolute Gasteiger partial charge is 0.342 e. The number of benzene rings is 1. The first-order valence-electron chi connectivity index (χ1n) is 10.1. The first-order valence-corrected chi connectivity index (χ1v) is 10.1. The van der Waals surface area contributed by atoms with E-state index < -0.39 is 11.8 Å². The Labute approximate surface area is 176 Å². The summed E-state index contributed by atoms with van der Waals surface area (Å²) >= 11 is 0. The van der Waals surface area contributed by atoms with E-state index in [1.54, 1.807) is 42.3 Å². The Morgan fingerprint density at radius 2 is 2.07 bits per heavy atom. The van der Waals surface area contributed by atoms with E-state index in [2.05, 4.69) is 20.5 Å². The van der Waals surface area contributed by atoms with Crippen molar-refractivity contribution in [1.29, 1.82) is 0 Å². The average molecular weight is 413 g/mol. The van der Waals surface area contributed by atoms with Crippen LogP contribution in [0.25, 0.3) is 0 Å². The summed E-state index contributed by atoms with van der Waals surface area (Å²) in [6.45, 7) is 5.75.